The molecule has 0 radical (unpaired) electrons. The first-order valence-electron chi connectivity index (χ1n) is 8.88. The Morgan fingerprint density at radius 1 is 1.10 bits per heavy atom. The van der Waals surface area contributed by atoms with Crippen LogP contribution >= 0.6 is 0 Å². The molecule has 2 aliphatic carbocycles. The fourth-order valence-electron chi connectivity index (χ4n) is 4.35. The highest BCUT2D eigenvalue weighted by atomic mass is 16.5. The summed E-state index contributed by atoms with van der Waals surface area (Å²) in [7, 11) is 0. The molecule has 1 atom stereocenters. The van der Waals surface area contributed by atoms with Gasteiger partial charge in [-0.05, 0) is 32.6 Å². The Bertz CT molecular complexity index is 295. The second-order valence-corrected chi connectivity index (χ2v) is 7.32. The van der Waals surface area contributed by atoms with Crippen LogP contribution in [0.5, 0.6) is 0 Å². The van der Waals surface area contributed by atoms with Crippen LogP contribution in [0.25, 0.3) is 0 Å². The van der Waals surface area contributed by atoms with Gasteiger partial charge in [0.25, 0.3) is 0 Å². The lowest BCUT2D eigenvalue weighted by Crippen LogP contribution is -2.64. The Kier molecular flexibility index (Phi) is 5.00. The summed E-state index contributed by atoms with van der Waals surface area (Å²) < 4.78 is 6.07. The molecule has 0 aromatic heterocycles. The molecular formula is C17H32N2O. The average molecular weight is 280 g/mol. The first kappa shape index (κ1) is 14.8. The average Bonchev–Trinajstić information content (AvgIpc) is 2.97. The van der Waals surface area contributed by atoms with Crippen molar-refractivity contribution in [1.29, 1.82) is 0 Å². The highest BCUT2D eigenvalue weighted by Gasteiger charge is 2.38. The number of hydrogen-bond donors (Lipinski definition) is 1. The minimum absolute atomic E-state index is 0.429. The van der Waals surface area contributed by atoms with Crippen LogP contribution < -0.4 is 5.32 Å². The SMILES string of the molecule is CC1CNC2(CCCCC2)CN1CCOC1CCCC1. The molecule has 3 heteroatoms. The van der Waals surface area contributed by atoms with Gasteiger partial charge < -0.3 is 10.1 Å². The molecule has 3 rings (SSSR count). The van der Waals surface area contributed by atoms with Crippen LogP contribution in [-0.4, -0.2) is 48.8 Å². The van der Waals surface area contributed by atoms with E-state index < -0.39 is 0 Å². The summed E-state index contributed by atoms with van der Waals surface area (Å²) in [6.07, 6.45) is 12.9. The standard InChI is InChI=1S/C17H32N2O/c1-15-13-18-17(9-5-2-6-10-17)14-19(15)11-12-20-16-7-3-4-8-16/h15-16,18H,2-14H2,1H3. The van der Waals surface area contributed by atoms with E-state index in [1.54, 1.807) is 0 Å². The minimum atomic E-state index is 0.429. The number of ether oxygens (including phenoxy) is 1. The third-order valence-corrected chi connectivity index (χ3v) is 5.75. The van der Waals surface area contributed by atoms with Gasteiger partial charge in [0.1, 0.15) is 0 Å². The Labute approximate surface area is 124 Å². The van der Waals surface area contributed by atoms with Crippen LogP contribution in [0.1, 0.15) is 64.7 Å². The molecule has 1 heterocycles. The maximum Gasteiger partial charge on any atom is 0.0597 e. The molecular weight excluding hydrogens is 248 g/mol. The highest BCUT2D eigenvalue weighted by molar-refractivity contribution is 4.98. The van der Waals surface area contributed by atoms with Crippen molar-refractivity contribution >= 4 is 0 Å². The first-order chi connectivity index (χ1) is 9.77. The minimum Gasteiger partial charge on any atom is -0.377 e. The largest absolute Gasteiger partial charge is 0.377 e. The highest BCUT2D eigenvalue weighted by Crippen LogP contribution is 2.31. The molecule has 1 unspecified atom stereocenters. The Balaban J connectivity index is 1.46. The lowest BCUT2D eigenvalue weighted by Gasteiger charge is -2.49. The summed E-state index contributed by atoms with van der Waals surface area (Å²) >= 11 is 0. The molecule has 3 fully saturated rings. The van der Waals surface area contributed by atoms with Gasteiger partial charge in [-0.1, -0.05) is 32.1 Å². The Hall–Kier alpha value is -0.120. The van der Waals surface area contributed by atoms with Crippen molar-refractivity contribution in [2.75, 3.05) is 26.2 Å². The lowest BCUT2D eigenvalue weighted by atomic mass is 9.79. The third kappa shape index (κ3) is 3.55. The molecule has 20 heavy (non-hydrogen) atoms. The van der Waals surface area contributed by atoms with Crippen LogP contribution in [-0.2, 0) is 4.74 Å². The van der Waals surface area contributed by atoms with Crippen LogP contribution in [0.3, 0.4) is 0 Å². The van der Waals surface area contributed by atoms with Crippen molar-refractivity contribution in [1.82, 2.24) is 10.2 Å². The Morgan fingerprint density at radius 2 is 1.85 bits per heavy atom. The summed E-state index contributed by atoms with van der Waals surface area (Å²) in [5.74, 6) is 0. The van der Waals surface area contributed by atoms with Crippen LogP contribution in [0.2, 0.25) is 0 Å². The van der Waals surface area contributed by atoms with Gasteiger partial charge in [-0.2, -0.15) is 0 Å². The second kappa shape index (κ2) is 6.76. The molecule has 3 aliphatic rings. The van der Waals surface area contributed by atoms with E-state index in [0.717, 1.165) is 19.7 Å². The topological polar surface area (TPSA) is 24.5 Å². The van der Waals surface area contributed by atoms with Gasteiger partial charge in [0.2, 0.25) is 0 Å². The van der Waals surface area contributed by atoms with Gasteiger partial charge in [-0.25, -0.2) is 0 Å². The number of nitrogens with one attached hydrogen (secondary N) is 1. The van der Waals surface area contributed by atoms with Crippen molar-refractivity contribution in [2.24, 2.45) is 0 Å². The molecule has 0 bridgehead atoms. The quantitative estimate of drug-likeness (QED) is 0.857. The van der Waals surface area contributed by atoms with Gasteiger partial charge in [0.15, 0.2) is 0 Å². The normalized spacial score (nSPS) is 31.9. The predicted octanol–water partition coefficient (Wildman–Crippen LogP) is 2.94. The second-order valence-electron chi connectivity index (χ2n) is 7.32. The van der Waals surface area contributed by atoms with E-state index >= 15 is 0 Å². The fraction of sp³-hybridized carbons (Fsp3) is 1.00. The van der Waals surface area contributed by atoms with Crippen molar-refractivity contribution in [3.05, 3.63) is 0 Å². The summed E-state index contributed by atoms with van der Waals surface area (Å²) in [6, 6.07) is 0.662. The predicted molar refractivity (Wildman–Crippen MR) is 83.1 cm³/mol. The van der Waals surface area contributed by atoms with E-state index in [0.29, 0.717) is 17.7 Å². The fourth-order valence-corrected chi connectivity index (χ4v) is 4.35. The maximum absolute atomic E-state index is 6.07. The molecule has 1 saturated heterocycles. The van der Waals surface area contributed by atoms with Gasteiger partial charge in [-0.15, -0.1) is 0 Å². The zero-order chi connectivity index (χ0) is 13.8. The van der Waals surface area contributed by atoms with Crippen molar-refractivity contribution in [3.8, 4) is 0 Å². The zero-order valence-corrected chi connectivity index (χ0v) is 13.2. The van der Waals surface area contributed by atoms with E-state index in [1.165, 1.54) is 64.3 Å². The van der Waals surface area contributed by atoms with Crippen LogP contribution in [0.15, 0.2) is 0 Å². The number of nitrogens with zero attached hydrogens (tertiary/aromatic N) is 1. The third-order valence-electron chi connectivity index (χ3n) is 5.75. The number of rotatable bonds is 4. The number of hydrogen-bond acceptors (Lipinski definition) is 3. The number of piperazine rings is 1. The molecule has 1 N–H and O–H groups in total. The molecule has 2 saturated carbocycles. The first-order valence-corrected chi connectivity index (χ1v) is 8.88. The summed E-state index contributed by atoms with van der Waals surface area (Å²) in [5, 5.41) is 3.86. The van der Waals surface area contributed by atoms with E-state index in [9.17, 15) is 0 Å². The maximum atomic E-state index is 6.07. The molecule has 3 nitrogen and oxygen atoms in total. The van der Waals surface area contributed by atoms with Crippen molar-refractivity contribution < 1.29 is 4.74 Å². The van der Waals surface area contributed by atoms with E-state index in [-0.39, 0.29) is 0 Å². The van der Waals surface area contributed by atoms with Crippen LogP contribution in [0, 0.1) is 0 Å². The molecule has 116 valence electrons. The van der Waals surface area contributed by atoms with Gasteiger partial charge in [0, 0.05) is 31.2 Å². The molecule has 0 aromatic rings. The van der Waals surface area contributed by atoms with Gasteiger partial charge in [0.05, 0.1) is 12.7 Å². The van der Waals surface area contributed by atoms with E-state index in [1.807, 2.05) is 0 Å². The van der Waals surface area contributed by atoms with Gasteiger partial charge in [-0.3, -0.25) is 4.90 Å². The monoisotopic (exact) mass is 280 g/mol. The molecule has 0 amide bonds. The van der Waals surface area contributed by atoms with Crippen molar-refractivity contribution in [2.45, 2.75) is 82.4 Å². The molecule has 1 spiro atoms. The van der Waals surface area contributed by atoms with Crippen molar-refractivity contribution in [3.63, 3.8) is 0 Å². The Morgan fingerprint density at radius 3 is 2.60 bits per heavy atom. The van der Waals surface area contributed by atoms with Gasteiger partial charge >= 0.3 is 0 Å². The smallest absolute Gasteiger partial charge is 0.0597 e. The lowest BCUT2D eigenvalue weighted by molar-refractivity contribution is 0.00807. The summed E-state index contributed by atoms with van der Waals surface area (Å²) in [6.45, 7) is 6.82. The van der Waals surface area contributed by atoms with E-state index in [2.05, 4.69) is 17.1 Å². The van der Waals surface area contributed by atoms with E-state index in [4.69, 9.17) is 4.74 Å². The zero-order valence-electron chi connectivity index (χ0n) is 13.2. The molecule has 0 aromatic carbocycles. The summed E-state index contributed by atoms with van der Waals surface area (Å²) in [4.78, 5) is 2.68. The van der Waals surface area contributed by atoms with Crippen LogP contribution in [0.4, 0.5) is 0 Å². The molecule has 1 aliphatic heterocycles. The summed E-state index contributed by atoms with van der Waals surface area (Å²) in [5.41, 5.74) is 0.429.